The minimum Gasteiger partial charge on any atom is -0.456 e. The number of furan rings is 1. The molecule has 4 nitrogen and oxygen atoms in total. The predicted octanol–water partition coefficient (Wildman–Crippen LogP) is 13.4. The Kier molecular flexibility index (Phi) is 7.16. The molecule has 0 atom stereocenters. The molecule has 2 heterocycles. The second-order valence-corrected chi connectivity index (χ2v) is 16.3. The van der Waals surface area contributed by atoms with Crippen LogP contribution in [0.4, 0.5) is 0 Å². The van der Waals surface area contributed by atoms with Crippen molar-refractivity contribution in [1.29, 1.82) is 0 Å². The van der Waals surface area contributed by atoms with Crippen LogP contribution in [0.25, 0.3) is 78.4 Å². The first-order valence-corrected chi connectivity index (χ1v) is 20.3. The Morgan fingerprint density at radius 3 is 1.44 bits per heavy atom. The molecule has 0 saturated heterocycles. The van der Waals surface area contributed by atoms with E-state index in [9.17, 15) is 0 Å². The lowest BCUT2D eigenvalue weighted by molar-refractivity contribution is 0.562. The third kappa shape index (κ3) is 4.87. The van der Waals surface area contributed by atoms with E-state index >= 15 is 0 Å². The highest BCUT2D eigenvalue weighted by atomic mass is 16.3. The number of benzene rings is 8. The summed E-state index contributed by atoms with van der Waals surface area (Å²) >= 11 is 0. The summed E-state index contributed by atoms with van der Waals surface area (Å²) in [5, 5.41) is 2.10. The van der Waals surface area contributed by atoms with Crippen LogP contribution in [0.3, 0.4) is 0 Å². The topological polar surface area (TPSA) is 51.8 Å². The summed E-state index contributed by atoms with van der Waals surface area (Å²) in [6.07, 6.45) is 0. The Balaban J connectivity index is 1.07. The Morgan fingerprint density at radius 2 is 0.797 bits per heavy atom. The first-order valence-electron chi connectivity index (χ1n) is 20.3. The van der Waals surface area contributed by atoms with E-state index in [4.69, 9.17) is 19.4 Å². The van der Waals surface area contributed by atoms with Gasteiger partial charge in [-0.2, -0.15) is 0 Å². The highest BCUT2D eigenvalue weighted by Crippen LogP contribution is 2.62. The van der Waals surface area contributed by atoms with Crippen LogP contribution < -0.4 is 0 Å². The number of fused-ring (bicyclic) bond motifs is 12. The van der Waals surface area contributed by atoms with Crippen LogP contribution in [0.15, 0.2) is 192 Å². The van der Waals surface area contributed by atoms with E-state index in [0.717, 1.165) is 44.2 Å². The van der Waals surface area contributed by atoms with Crippen LogP contribution in [0.2, 0.25) is 0 Å². The maximum Gasteiger partial charge on any atom is 0.164 e. The summed E-state index contributed by atoms with van der Waals surface area (Å²) in [5.74, 6) is 1.87. The summed E-state index contributed by atoms with van der Waals surface area (Å²) < 4.78 is 6.76. The number of hydrogen-bond donors (Lipinski definition) is 0. The molecule has 2 aliphatic carbocycles. The van der Waals surface area contributed by atoms with Crippen molar-refractivity contribution >= 4 is 21.9 Å². The number of nitrogens with zero attached hydrogens (tertiary/aromatic N) is 3. The van der Waals surface area contributed by atoms with Gasteiger partial charge in [-0.05, 0) is 86.0 Å². The van der Waals surface area contributed by atoms with Crippen LogP contribution >= 0.6 is 0 Å². The molecule has 12 rings (SSSR count). The average Bonchev–Trinajstić information content (AvgIpc) is 3.81. The number of aromatic nitrogens is 3. The zero-order valence-corrected chi connectivity index (χ0v) is 32.6. The molecule has 1 spiro atoms. The minimum atomic E-state index is -0.492. The largest absolute Gasteiger partial charge is 0.456 e. The van der Waals surface area contributed by atoms with E-state index in [-0.39, 0.29) is 5.41 Å². The normalized spacial score (nSPS) is 14.2. The van der Waals surface area contributed by atoms with Crippen LogP contribution in [-0.2, 0) is 10.8 Å². The van der Waals surface area contributed by atoms with Gasteiger partial charge in [0.15, 0.2) is 17.5 Å². The van der Waals surface area contributed by atoms with Crippen LogP contribution in [0.1, 0.15) is 47.2 Å². The van der Waals surface area contributed by atoms with Gasteiger partial charge in [-0.25, -0.2) is 15.0 Å². The smallest absolute Gasteiger partial charge is 0.164 e. The van der Waals surface area contributed by atoms with Gasteiger partial charge in [-0.1, -0.05) is 172 Å². The molecular weight excluding hydrogens is 719 g/mol. The van der Waals surface area contributed by atoms with Gasteiger partial charge < -0.3 is 4.42 Å². The van der Waals surface area contributed by atoms with Crippen molar-refractivity contribution in [2.24, 2.45) is 0 Å². The summed E-state index contributed by atoms with van der Waals surface area (Å²) in [7, 11) is 0. The molecule has 2 aliphatic rings. The predicted molar refractivity (Wildman–Crippen MR) is 238 cm³/mol. The van der Waals surface area contributed by atoms with Crippen molar-refractivity contribution in [3.63, 3.8) is 0 Å². The summed E-state index contributed by atoms with van der Waals surface area (Å²) in [6.45, 7) is 4.71. The van der Waals surface area contributed by atoms with E-state index in [2.05, 4.69) is 166 Å². The van der Waals surface area contributed by atoms with Gasteiger partial charge in [0.25, 0.3) is 0 Å². The van der Waals surface area contributed by atoms with Crippen molar-refractivity contribution in [1.82, 2.24) is 15.0 Å². The molecule has 0 bridgehead atoms. The van der Waals surface area contributed by atoms with Gasteiger partial charge in [0.1, 0.15) is 11.2 Å². The first kappa shape index (κ1) is 33.7. The lowest BCUT2D eigenvalue weighted by Gasteiger charge is -2.46. The van der Waals surface area contributed by atoms with E-state index in [1.54, 1.807) is 0 Å². The van der Waals surface area contributed by atoms with E-state index in [0.29, 0.717) is 17.5 Å². The second-order valence-electron chi connectivity index (χ2n) is 16.3. The Hall–Kier alpha value is -7.43. The molecule has 4 heteroatoms. The molecule has 0 amide bonds. The molecule has 8 aromatic carbocycles. The molecule has 0 aliphatic heterocycles. The molecule has 0 saturated carbocycles. The molecule has 10 aromatic rings. The van der Waals surface area contributed by atoms with Crippen molar-refractivity contribution in [3.8, 4) is 56.4 Å². The van der Waals surface area contributed by atoms with Gasteiger partial charge in [-0.15, -0.1) is 0 Å². The van der Waals surface area contributed by atoms with E-state index < -0.39 is 5.41 Å². The van der Waals surface area contributed by atoms with Crippen molar-refractivity contribution < 1.29 is 4.42 Å². The lowest BCUT2D eigenvalue weighted by Crippen LogP contribution is -2.40. The molecule has 278 valence electrons. The van der Waals surface area contributed by atoms with Gasteiger partial charge >= 0.3 is 0 Å². The highest BCUT2D eigenvalue weighted by Gasteiger charge is 2.53. The van der Waals surface area contributed by atoms with Gasteiger partial charge in [0.05, 0.1) is 5.41 Å². The SMILES string of the molecule is CC1(C)c2ccccc2C2(c3ccccc3-c3ccccc32)c2cc3c(cc21)oc1ccc(-c2nc(-c4ccccc4)nc(-c4ccc(-c5ccccc5)cc4)n2)cc13. The zero-order valence-electron chi connectivity index (χ0n) is 32.6. The molecule has 0 fully saturated rings. The monoisotopic (exact) mass is 755 g/mol. The Bertz CT molecular complexity index is 3240. The van der Waals surface area contributed by atoms with Gasteiger partial charge in [-0.3, -0.25) is 0 Å². The Morgan fingerprint density at radius 1 is 0.339 bits per heavy atom. The first-order chi connectivity index (χ1) is 29.0. The van der Waals surface area contributed by atoms with Crippen molar-refractivity contribution in [3.05, 3.63) is 221 Å². The van der Waals surface area contributed by atoms with Gasteiger partial charge in [0, 0.05) is 32.9 Å². The van der Waals surface area contributed by atoms with E-state index in [1.807, 2.05) is 36.4 Å². The fourth-order valence-corrected chi connectivity index (χ4v) is 10.0. The quantitative estimate of drug-likeness (QED) is 0.179. The summed E-state index contributed by atoms with van der Waals surface area (Å²) in [4.78, 5) is 15.3. The fraction of sp³-hybridized carbons (Fsp3) is 0.0727. The zero-order chi connectivity index (χ0) is 39.3. The van der Waals surface area contributed by atoms with Crippen molar-refractivity contribution in [2.75, 3.05) is 0 Å². The number of hydrogen-bond acceptors (Lipinski definition) is 4. The third-order valence-electron chi connectivity index (χ3n) is 12.8. The van der Waals surface area contributed by atoms with Crippen LogP contribution in [-0.4, -0.2) is 15.0 Å². The summed E-state index contributed by atoms with van der Waals surface area (Å²) in [6, 6.07) is 67.1. The van der Waals surface area contributed by atoms with Crippen LogP contribution in [0.5, 0.6) is 0 Å². The number of rotatable bonds is 4. The Labute approximate surface area is 342 Å². The molecule has 0 N–H and O–H groups in total. The molecule has 0 radical (unpaired) electrons. The standard InChI is InChI=1S/C55H37N3O/c1-54(2)45-23-13-14-24-46(45)55(43-21-11-9-19-39(43)40-20-10-12-22-44(40)55)48-32-42-41-31-38(29-30-49(41)59-50(42)33-47(48)54)53-57-51(36-17-7-4-8-18-36)56-52(58-53)37-27-25-35(26-28-37)34-15-5-3-6-16-34/h3-33H,1-2H3. The van der Waals surface area contributed by atoms with Crippen molar-refractivity contribution in [2.45, 2.75) is 24.7 Å². The maximum atomic E-state index is 6.76. The van der Waals surface area contributed by atoms with Gasteiger partial charge in [0.2, 0.25) is 0 Å². The second kappa shape index (κ2) is 12.5. The third-order valence-corrected chi connectivity index (χ3v) is 12.8. The summed E-state index contributed by atoms with van der Waals surface area (Å²) in [5.41, 5.74) is 16.5. The molecule has 59 heavy (non-hydrogen) atoms. The maximum absolute atomic E-state index is 6.76. The van der Waals surface area contributed by atoms with Crippen LogP contribution in [0, 0.1) is 0 Å². The molecular formula is C55H37N3O. The minimum absolute atomic E-state index is 0.267. The van der Waals surface area contributed by atoms with E-state index in [1.165, 1.54) is 50.1 Å². The molecule has 2 aromatic heterocycles. The molecule has 0 unspecified atom stereocenters. The fourth-order valence-electron chi connectivity index (χ4n) is 10.0. The highest BCUT2D eigenvalue weighted by molar-refractivity contribution is 6.07. The lowest BCUT2D eigenvalue weighted by atomic mass is 9.55. The average molecular weight is 756 g/mol.